The summed E-state index contributed by atoms with van der Waals surface area (Å²) in [5.41, 5.74) is -0.511. The van der Waals surface area contributed by atoms with Crippen LogP contribution in [0.1, 0.15) is 19.4 Å². The summed E-state index contributed by atoms with van der Waals surface area (Å²) in [6.45, 7) is 3.31. The quantitative estimate of drug-likeness (QED) is 0.742. The van der Waals surface area contributed by atoms with Crippen LogP contribution in [0.4, 0.5) is 0 Å². The molecule has 1 rings (SSSR count). The van der Waals surface area contributed by atoms with Gasteiger partial charge in [-0.2, -0.15) is 0 Å². The van der Waals surface area contributed by atoms with Gasteiger partial charge in [0.05, 0.1) is 0 Å². The predicted molar refractivity (Wildman–Crippen MR) is 61.2 cm³/mol. The van der Waals surface area contributed by atoms with Crippen LogP contribution in [-0.4, -0.2) is 34.5 Å². The van der Waals surface area contributed by atoms with Crippen LogP contribution in [0, 0.1) is 0 Å². The lowest BCUT2D eigenvalue weighted by atomic mass is 9.78. The molecule has 1 aromatic rings. The highest BCUT2D eigenvalue weighted by Gasteiger charge is 2.38. The van der Waals surface area contributed by atoms with Crippen molar-refractivity contribution in [1.29, 1.82) is 0 Å². The molecule has 0 aliphatic rings. The van der Waals surface area contributed by atoms with Crippen molar-refractivity contribution in [2.75, 3.05) is 7.11 Å². The average molecular weight is 240 g/mol. The van der Waals surface area contributed by atoms with Gasteiger partial charge in [0.15, 0.2) is 6.10 Å². The number of benzene rings is 1. The minimum Gasteiger partial charge on any atom is -0.508 e. The van der Waals surface area contributed by atoms with Crippen LogP contribution in [0.25, 0.3) is 0 Å². The molecule has 5 nitrogen and oxygen atoms in total. The van der Waals surface area contributed by atoms with E-state index in [1.54, 1.807) is 13.8 Å². The zero-order valence-corrected chi connectivity index (χ0v) is 9.97. The number of phenolic OH excluding ortho intramolecular Hbond substituents is 2. The van der Waals surface area contributed by atoms with Crippen molar-refractivity contribution in [3.8, 4) is 11.5 Å². The van der Waals surface area contributed by atoms with E-state index in [1.807, 2.05) is 0 Å². The number of carboxylic acids is 1. The van der Waals surface area contributed by atoms with Crippen molar-refractivity contribution in [2.24, 2.45) is 0 Å². The number of ether oxygens (including phenoxy) is 1. The Morgan fingerprint density at radius 3 is 2.35 bits per heavy atom. The molecule has 0 radical (unpaired) electrons. The molecular weight excluding hydrogens is 224 g/mol. The minimum absolute atomic E-state index is 0.0775. The lowest BCUT2D eigenvalue weighted by molar-refractivity contribution is -0.152. The average Bonchev–Trinajstić information content (AvgIpc) is 2.16. The third-order valence-electron chi connectivity index (χ3n) is 2.79. The van der Waals surface area contributed by atoms with Crippen molar-refractivity contribution in [1.82, 2.24) is 0 Å². The van der Waals surface area contributed by atoms with Gasteiger partial charge < -0.3 is 20.1 Å². The van der Waals surface area contributed by atoms with Crippen molar-refractivity contribution in [3.05, 3.63) is 23.8 Å². The fourth-order valence-corrected chi connectivity index (χ4v) is 1.91. The van der Waals surface area contributed by atoms with Crippen molar-refractivity contribution < 1.29 is 24.9 Å². The highest BCUT2D eigenvalue weighted by Crippen LogP contribution is 2.36. The zero-order valence-electron chi connectivity index (χ0n) is 9.97. The Labute approximate surface area is 99.3 Å². The smallest absolute Gasteiger partial charge is 0.333 e. The number of phenols is 2. The summed E-state index contributed by atoms with van der Waals surface area (Å²) in [7, 11) is 1.30. The maximum atomic E-state index is 11.1. The maximum Gasteiger partial charge on any atom is 0.333 e. The molecule has 0 amide bonds. The van der Waals surface area contributed by atoms with Crippen molar-refractivity contribution in [3.63, 3.8) is 0 Å². The van der Waals surface area contributed by atoms with Crippen LogP contribution in [0.2, 0.25) is 0 Å². The highest BCUT2D eigenvalue weighted by atomic mass is 16.5. The Bertz CT molecular complexity index is 425. The first-order chi connectivity index (χ1) is 7.80. The van der Waals surface area contributed by atoms with Crippen molar-refractivity contribution in [2.45, 2.75) is 25.4 Å². The number of hydrogen-bond acceptors (Lipinski definition) is 4. The zero-order chi connectivity index (χ0) is 13.2. The first kappa shape index (κ1) is 13.3. The Morgan fingerprint density at radius 2 is 1.94 bits per heavy atom. The third-order valence-corrected chi connectivity index (χ3v) is 2.79. The summed E-state index contributed by atoms with van der Waals surface area (Å²) in [5, 5.41) is 28.0. The van der Waals surface area contributed by atoms with E-state index in [4.69, 9.17) is 9.84 Å². The van der Waals surface area contributed by atoms with Gasteiger partial charge in [-0.05, 0) is 6.07 Å². The normalized spacial score (nSPS) is 13.4. The van der Waals surface area contributed by atoms with Gasteiger partial charge in [-0.25, -0.2) is 4.79 Å². The number of hydrogen-bond donors (Lipinski definition) is 3. The number of aliphatic carboxylic acids is 1. The maximum absolute atomic E-state index is 11.1. The van der Waals surface area contributed by atoms with E-state index in [9.17, 15) is 15.0 Å². The molecule has 0 saturated heterocycles. The lowest BCUT2D eigenvalue weighted by Crippen LogP contribution is -2.41. The number of carbonyl (C=O) groups is 1. The highest BCUT2D eigenvalue weighted by molar-refractivity contribution is 5.75. The second-order valence-electron chi connectivity index (χ2n) is 4.38. The number of rotatable bonds is 4. The molecule has 94 valence electrons. The van der Waals surface area contributed by atoms with E-state index < -0.39 is 17.5 Å². The molecule has 1 atom stereocenters. The first-order valence-electron chi connectivity index (χ1n) is 5.08. The SMILES string of the molecule is COC(C(=O)O)C(C)(C)c1ccc(O)cc1O. The summed E-state index contributed by atoms with van der Waals surface area (Å²) in [6, 6.07) is 4.05. The van der Waals surface area contributed by atoms with Crippen LogP contribution in [0.5, 0.6) is 11.5 Å². The lowest BCUT2D eigenvalue weighted by Gasteiger charge is -2.31. The monoisotopic (exact) mass is 240 g/mol. The Hall–Kier alpha value is -1.75. The molecule has 0 aliphatic heterocycles. The molecule has 0 spiro atoms. The second kappa shape index (κ2) is 4.63. The standard InChI is InChI=1S/C12H16O5/c1-12(2,10(17-3)11(15)16)8-5-4-7(13)6-9(8)14/h4-6,10,13-14H,1-3H3,(H,15,16). The van der Waals surface area contributed by atoms with E-state index >= 15 is 0 Å². The summed E-state index contributed by atoms with van der Waals surface area (Å²) < 4.78 is 4.94. The van der Waals surface area contributed by atoms with Gasteiger partial charge in [0, 0.05) is 24.2 Å². The summed E-state index contributed by atoms with van der Waals surface area (Å²) in [5.74, 6) is -1.34. The van der Waals surface area contributed by atoms with E-state index in [2.05, 4.69) is 0 Å². The minimum atomic E-state index is -1.11. The van der Waals surface area contributed by atoms with E-state index in [1.165, 1.54) is 25.3 Å². The van der Waals surface area contributed by atoms with Gasteiger partial charge >= 0.3 is 5.97 Å². The number of carboxylic acid groups (broad SMARTS) is 1. The molecule has 17 heavy (non-hydrogen) atoms. The second-order valence-corrected chi connectivity index (χ2v) is 4.38. The Balaban J connectivity index is 3.24. The van der Waals surface area contributed by atoms with Crippen LogP contribution >= 0.6 is 0 Å². The molecule has 1 aromatic carbocycles. The van der Waals surface area contributed by atoms with E-state index in [-0.39, 0.29) is 11.5 Å². The molecule has 0 aromatic heterocycles. The van der Waals surface area contributed by atoms with Gasteiger partial charge in [0.1, 0.15) is 11.5 Å². The van der Waals surface area contributed by atoms with Crippen LogP contribution in [0.15, 0.2) is 18.2 Å². The molecule has 5 heteroatoms. The van der Waals surface area contributed by atoms with Crippen LogP contribution < -0.4 is 0 Å². The first-order valence-corrected chi connectivity index (χ1v) is 5.08. The molecule has 0 fully saturated rings. The Morgan fingerprint density at radius 1 is 1.35 bits per heavy atom. The third kappa shape index (κ3) is 2.50. The molecule has 0 bridgehead atoms. The molecule has 1 unspecified atom stereocenters. The molecule has 3 N–H and O–H groups in total. The molecular formula is C12H16O5. The van der Waals surface area contributed by atoms with E-state index in [0.717, 1.165) is 0 Å². The van der Waals surface area contributed by atoms with Gasteiger partial charge in [-0.3, -0.25) is 0 Å². The topological polar surface area (TPSA) is 87.0 Å². The number of aromatic hydroxyl groups is 2. The van der Waals surface area contributed by atoms with Crippen molar-refractivity contribution >= 4 is 5.97 Å². The van der Waals surface area contributed by atoms with E-state index in [0.29, 0.717) is 5.56 Å². The summed E-state index contributed by atoms with van der Waals surface area (Å²) in [4.78, 5) is 11.1. The fraction of sp³-hybridized carbons (Fsp3) is 0.417. The molecule has 0 heterocycles. The van der Waals surface area contributed by atoms with Gasteiger partial charge in [-0.1, -0.05) is 19.9 Å². The van der Waals surface area contributed by atoms with Gasteiger partial charge in [-0.15, -0.1) is 0 Å². The predicted octanol–water partition coefficient (Wildman–Crippen LogP) is 1.47. The number of methoxy groups -OCH3 is 1. The largest absolute Gasteiger partial charge is 0.508 e. The molecule has 0 saturated carbocycles. The van der Waals surface area contributed by atoms with Gasteiger partial charge in [0.2, 0.25) is 0 Å². The van der Waals surface area contributed by atoms with Crippen LogP contribution in [-0.2, 0) is 14.9 Å². The van der Waals surface area contributed by atoms with Crippen LogP contribution in [0.3, 0.4) is 0 Å². The summed E-state index contributed by atoms with van der Waals surface area (Å²) in [6.07, 6.45) is -1.09. The Kier molecular flexibility index (Phi) is 3.63. The molecule has 0 aliphatic carbocycles. The fourth-order valence-electron chi connectivity index (χ4n) is 1.91. The summed E-state index contributed by atoms with van der Waals surface area (Å²) >= 11 is 0. The van der Waals surface area contributed by atoms with Gasteiger partial charge in [0.25, 0.3) is 0 Å².